The molecule has 0 bridgehead atoms. The summed E-state index contributed by atoms with van der Waals surface area (Å²) in [6.45, 7) is 3.79. The van der Waals surface area contributed by atoms with Gasteiger partial charge in [-0.1, -0.05) is 19.1 Å². The summed E-state index contributed by atoms with van der Waals surface area (Å²) in [7, 11) is 0. The lowest BCUT2D eigenvalue weighted by molar-refractivity contribution is -0.236. The Morgan fingerprint density at radius 2 is 1.87 bits per heavy atom. The normalized spacial score (nSPS) is 12.0. The van der Waals surface area contributed by atoms with Crippen molar-refractivity contribution < 1.29 is 28.1 Å². The number of halogens is 2. The van der Waals surface area contributed by atoms with E-state index in [1.807, 2.05) is 0 Å². The number of carbonyl (C=O) groups is 2. The summed E-state index contributed by atoms with van der Waals surface area (Å²) in [5.74, 6) is -1.68. The lowest BCUT2D eigenvalue weighted by atomic mass is 10.1. The molecule has 0 spiro atoms. The van der Waals surface area contributed by atoms with E-state index in [4.69, 9.17) is 0 Å². The van der Waals surface area contributed by atoms with Gasteiger partial charge in [0.25, 0.3) is 0 Å². The first-order valence-electron chi connectivity index (χ1n) is 7.42. The predicted molar refractivity (Wildman–Crippen MR) is 80.0 cm³/mol. The van der Waals surface area contributed by atoms with Crippen molar-refractivity contribution >= 4 is 11.9 Å². The van der Waals surface area contributed by atoms with E-state index in [1.54, 1.807) is 31.2 Å². The van der Waals surface area contributed by atoms with Crippen molar-refractivity contribution in [3.63, 3.8) is 0 Å². The fraction of sp³-hybridized carbons (Fsp3) is 0.500. The summed E-state index contributed by atoms with van der Waals surface area (Å²) in [6, 6.07) is 6.66. The Kier molecular flexibility index (Phi) is 8.18. The predicted octanol–water partition coefficient (Wildman–Crippen LogP) is 2.74. The molecule has 23 heavy (non-hydrogen) atoms. The molecule has 1 atom stereocenters. The third-order valence-corrected chi connectivity index (χ3v) is 3.13. The molecule has 0 aliphatic rings. The van der Waals surface area contributed by atoms with Gasteiger partial charge in [-0.05, 0) is 31.0 Å². The van der Waals surface area contributed by atoms with Crippen molar-refractivity contribution in [3.05, 3.63) is 35.4 Å². The quantitative estimate of drug-likeness (QED) is 0.559. The van der Waals surface area contributed by atoms with Crippen LogP contribution in [0.3, 0.4) is 0 Å². The van der Waals surface area contributed by atoms with E-state index >= 15 is 0 Å². The lowest BCUT2D eigenvalue weighted by Gasteiger charge is -2.11. The maximum atomic E-state index is 12.2. The van der Waals surface area contributed by atoms with Gasteiger partial charge in [-0.15, -0.1) is 0 Å². The summed E-state index contributed by atoms with van der Waals surface area (Å²) < 4.78 is 24.4. The smallest absolute Gasteiger partial charge is 0.356 e. The number of carbonyl (C=O) groups excluding carboxylic acids is 2. The summed E-state index contributed by atoms with van der Waals surface area (Å²) in [6.07, 6.45) is -2.39. The molecular formula is C16H21F2NO4. The minimum Gasteiger partial charge on any atom is -0.356 e. The molecule has 1 N–H and O–H groups in total. The van der Waals surface area contributed by atoms with Gasteiger partial charge in [0.1, 0.15) is 0 Å². The highest BCUT2D eigenvalue weighted by Crippen LogP contribution is 2.10. The molecule has 1 aromatic rings. The molecule has 1 rings (SSSR count). The second-order valence-electron chi connectivity index (χ2n) is 5.04. The number of hydrogen-bond acceptors (Lipinski definition) is 4. The van der Waals surface area contributed by atoms with Gasteiger partial charge >= 0.3 is 5.97 Å². The molecule has 1 aromatic carbocycles. The third-order valence-electron chi connectivity index (χ3n) is 3.13. The van der Waals surface area contributed by atoms with Crippen LogP contribution < -0.4 is 5.32 Å². The van der Waals surface area contributed by atoms with Gasteiger partial charge in [0.2, 0.25) is 12.3 Å². The van der Waals surface area contributed by atoms with E-state index in [1.165, 1.54) is 6.92 Å². The van der Waals surface area contributed by atoms with Gasteiger partial charge < -0.3 is 5.32 Å². The highest BCUT2D eigenvalue weighted by atomic mass is 19.3. The number of rotatable bonds is 9. The zero-order chi connectivity index (χ0) is 17.2. The molecule has 5 nitrogen and oxygen atoms in total. The molecule has 0 saturated heterocycles. The van der Waals surface area contributed by atoms with Crippen LogP contribution in [0.25, 0.3) is 0 Å². The SMILES string of the molecule is CCOOC(=O)c1ccc(CCNC(=O)[C@@H](C)CC(F)F)cc1. The average molecular weight is 329 g/mol. The molecule has 0 saturated carbocycles. The molecule has 0 aliphatic carbocycles. The highest BCUT2D eigenvalue weighted by Gasteiger charge is 2.17. The number of nitrogens with one attached hydrogen (secondary N) is 1. The van der Waals surface area contributed by atoms with Crippen LogP contribution in [-0.2, 0) is 21.0 Å². The van der Waals surface area contributed by atoms with Gasteiger partial charge in [0.15, 0.2) is 0 Å². The van der Waals surface area contributed by atoms with Gasteiger partial charge in [0, 0.05) is 18.9 Å². The topological polar surface area (TPSA) is 64.6 Å². The summed E-state index contributed by atoms with van der Waals surface area (Å²) >= 11 is 0. The number of amides is 1. The Labute approximate surface area is 133 Å². The van der Waals surface area contributed by atoms with Gasteiger partial charge in [-0.3, -0.25) is 9.68 Å². The first-order chi connectivity index (χ1) is 10.9. The lowest BCUT2D eigenvalue weighted by Crippen LogP contribution is -2.31. The highest BCUT2D eigenvalue weighted by molar-refractivity contribution is 5.88. The fourth-order valence-electron chi connectivity index (χ4n) is 1.85. The van der Waals surface area contributed by atoms with E-state index in [2.05, 4.69) is 15.1 Å². The molecule has 1 amide bonds. The van der Waals surface area contributed by atoms with Crippen molar-refractivity contribution in [1.29, 1.82) is 0 Å². The Hall–Kier alpha value is -2.02. The molecule has 0 fully saturated rings. The minimum absolute atomic E-state index is 0.271. The van der Waals surface area contributed by atoms with Crippen LogP contribution in [0.15, 0.2) is 24.3 Å². The van der Waals surface area contributed by atoms with Gasteiger partial charge in [-0.25, -0.2) is 13.6 Å². The molecule has 7 heteroatoms. The zero-order valence-electron chi connectivity index (χ0n) is 13.2. The minimum atomic E-state index is -2.49. The number of alkyl halides is 2. The third kappa shape index (κ3) is 7.19. The first-order valence-corrected chi connectivity index (χ1v) is 7.42. The van der Waals surface area contributed by atoms with E-state index < -0.39 is 24.7 Å². The Morgan fingerprint density at radius 1 is 1.22 bits per heavy atom. The van der Waals surface area contributed by atoms with Crippen molar-refractivity contribution in [2.75, 3.05) is 13.2 Å². The van der Waals surface area contributed by atoms with Crippen LogP contribution in [0.2, 0.25) is 0 Å². The second kappa shape index (κ2) is 9.89. The summed E-state index contributed by atoms with van der Waals surface area (Å²) in [4.78, 5) is 32.2. The number of benzene rings is 1. The Morgan fingerprint density at radius 3 is 2.43 bits per heavy atom. The number of hydrogen-bond donors (Lipinski definition) is 1. The van der Waals surface area contributed by atoms with Crippen LogP contribution >= 0.6 is 0 Å². The van der Waals surface area contributed by atoms with Crippen LogP contribution in [0.1, 0.15) is 36.2 Å². The van der Waals surface area contributed by atoms with Crippen LogP contribution in [-0.4, -0.2) is 31.5 Å². The van der Waals surface area contributed by atoms with E-state index in [-0.39, 0.29) is 12.5 Å². The largest absolute Gasteiger partial charge is 0.373 e. The maximum Gasteiger partial charge on any atom is 0.373 e. The summed E-state index contributed by atoms with van der Waals surface area (Å²) in [5.41, 5.74) is 1.26. The zero-order valence-corrected chi connectivity index (χ0v) is 13.2. The fourth-order valence-corrected chi connectivity index (χ4v) is 1.85. The van der Waals surface area contributed by atoms with Crippen molar-refractivity contribution in [3.8, 4) is 0 Å². The molecule has 0 aromatic heterocycles. The Bertz CT molecular complexity index is 505. The standard InChI is InChI=1S/C16H21F2NO4/c1-3-22-23-16(21)13-6-4-12(5-7-13)8-9-19-15(20)11(2)10-14(17)18/h4-7,11,14H,3,8-10H2,1-2H3,(H,19,20)/t11-/m0/s1. The van der Waals surface area contributed by atoms with Crippen LogP contribution in [0.5, 0.6) is 0 Å². The van der Waals surface area contributed by atoms with Crippen LogP contribution in [0, 0.1) is 5.92 Å². The molecule has 0 aliphatic heterocycles. The van der Waals surface area contributed by atoms with Gasteiger partial charge in [0.05, 0.1) is 12.2 Å². The average Bonchev–Trinajstić information content (AvgIpc) is 2.52. The van der Waals surface area contributed by atoms with Gasteiger partial charge in [-0.2, -0.15) is 4.89 Å². The van der Waals surface area contributed by atoms with Crippen molar-refractivity contribution in [1.82, 2.24) is 5.32 Å². The van der Waals surface area contributed by atoms with Crippen molar-refractivity contribution in [2.45, 2.75) is 33.1 Å². The second-order valence-corrected chi connectivity index (χ2v) is 5.04. The van der Waals surface area contributed by atoms with Crippen LogP contribution in [0.4, 0.5) is 8.78 Å². The molecule has 0 heterocycles. The molecular weight excluding hydrogens is 308 g/mol. The monoisotopic (exact) mass is 329 g/mol. The molecule has 0 unspecified atom stereocenters. The van der Waals surface area contributed by atoms with Crippen molar-refractivity contribution in [2.24, 2.45) is 5.92 Å². The molecule has 128 valence electrons. The van der Waals surface area contributed by atoms with E-state index in [0.29, 0.717) is 18.5 Å². The molecule has 0 radical (unpaired) electrons. The van der Waals surface area contributed by atoms with E-state index in [9.17, 15) is 18.4 Å². The maximum absolute atomic E-state index is 12.2. The Balaban J connectivity index is 2.38. The first kappa shape index (κ1) is 19.0. The summed E-state index contributed by atoms with van der Waals surface area (Å²) in [5, 5.41) is 2.62. The van der Waals surface area contributed by atoms with E-state index in [0.717, 1.165) is 5.56 Å².